The van der Waals surface area contributed by atoms with E-state index in [2.05, 4.69) is 15.8 Å². The van der Waals surface area contributed by atoms with Crippen LogP contribution in [0.2, 0.25) is 0 Å². The number of ether oxygens (including phenoxy) is 8. The van der Waals surface area contributed by atoms with Crippen LogP contribution < -0.4 is 48.5 Å². The van der Waals surface area contributed by atoms with Crippen molar-refractivity contribution in [2.45, 2.75) is 44.7 Å². The molecule has 296 valence electrons. The SMILES string of the molecule is COc1ccc2c(c1)C(=O)NC(c1ccc(OCCCCCCCCOc3cc(-c4cc(-c5cc(OC)c(OC)c(OC)c5)no4)ccc3OC)c(OC)c1)N2. The molecular formula is C43H49N3O10. The van der Waals surface area contributed by atoms with Crippen molar-refractivity contribution in [1.29, 1.82) is 0 Å². The van der Waals surface area contributed by atoms with Gasteiger partial charge in [0.05, 0.1) is 61.4 Å². The standard InChI is InChI=1S/C43H49N3O10/c1-48-30-15-16-32-31(25-30)43(47)45-42(44-32)28-14-18-35(37(22-28)50-3)54-19-11-9-7-8-10-12-20-55-38-21-27(13-17-34(38)49-2)36-26-33(46-56-36)29-23-39(51-4)41(53-6)40(24-29)52-5/h13-18,21-26,42,44H,7-12,19-20H2,1-6H3,(H,45,47). The number of methoxy groups -OCH3 is 6. The number of nitrogens with one attached hydrogen (secondary N) is 2. The minimum absolute atomic E-state index is 0.172. The zero-order valence-corrected chi connectivity index (χ0v) is 32.7. The van der Waals surface area contributed by atoms with Gasteiger partial charge in [-0.1, -0.05) is 36.9 Å². The molecule has 56 heavy (non-hydrogen) atoms. The number of fused-ring (bicyclic) bond motifs is 1. The molecule has 0 bridgehead atoms. The predicted molar refractivity (Wildman–Crippen MR) is 212 cm³/mol. The molecule has 0 saturated carbocycles. The fraction of sp³-hybridized carbons (Fsp3) is 0.349. The summed E-state index contributed by atoms with van der Waals surface area (Å²) in [6.45, 7) is 1.14. The van der Waals surface area contributed by atoms with Crippen LogP contribution in [0.5, 0.6) is 46.0 Å². The van der Waals surface area contributed by atoms with Gasteiger partial charge in [0, 0.05) is 22.9 Å². The highest BCUT2D eigenvalue weighted by atomic mass is 16.5. The van der Waals surface area contributed by atoms with E-state index in [9.17, 15) is 4.79 Å². The number of nitrogens with zero attached hydrogens (tertiary/aromatic N) is 1. The van der Waals surface area contributed by atoms with E-state index in [4.69, 9.17) is 42.4 Å². The van der Waals surface area contributed by atoms with E-state index in [-0.39, 0.29) is 5.91 Å². The Kier molecular flexibility index (Phi) is 13.3. The maximum Gasteiger partial charge on any atom is 0.255 e. The molecule has 0 aliphatic carbocycles. The lowest BCUT2D eigenvalue weighted by molar-refractivity contribution is 0.0935. The normalized spacial score (nSPS) is 13.2. The smallest absolute Gasteiger partial charge is 0.255 e. The summed E-state index contributed by atoms with van der Waals surface area (Å²) in [4.78, 5) is 12.8. The van der Waals surface area contributed by atoms with Gasteiger partial charge in [-0.3, -0.25) is 4.79 Å². The number of rotatable bonds is 20. The van der Waals surface area contributed by atoms with Crippen molar-refractivity contribution in [3.8, 4) is 68.6 Å². The van der Waals surface area contributed by atoms with E-state index in [1.807, 2.05) is 66.7 Å². The molecule has 1 amide bonds. The van der Waals surface area contributed by atoms with Crippen LogP contribution in [0.3, 0.4) is 0 Å². The van der Waals surface area contributed by atoms with Crippen molar-refractivity contribution in [1.82, 2.24) is 10.5 Å². The van der Waals surface area contributed by atoms with E-state index >= 15 is 0 Å². The maximum absolute atomic E-state index is 12.8. The summed E-state index contributed by atoms with van der Waals surface area (Å²) in [5, 5.41) is 10.7. The van der Waals surface area contributed by atoms with E-state index in [1.54, 1.807) is 48.7 Å². The number of amides is 1. The first-order chi connectivity index (χ1) is 27.4. The number of unbranched alkanes of at least 4 members (excludes halogenated alkanes) is 5. The average Bonchev–Trinajstić information content (AvgIpc) is 3.74. The molecule has 1 atom stereocenters. The van der Waals surface area contributed by atoms with Crippen LogP contribution in [0.15, 0.2) is 77.3 Å². The van der Waals surface area contributed by atoms with Crippen LogP contribution in [0.25, 0.3) is 22.6 Å². The first-order valence-electron chi connectivity index (χ1n) is 18.5. The number of benzene rings is 4. The Hall–Kier alpha value is -6.24. The Bertz CT molecular complexity index is 2070. The van der Waals surface area contributed by atoms with Crippen molar-refractivity contribution in [2.24, 2.45) is 0 Å². The van der Waals surface area contributed by atoms with Gasteiger partial charge < -0.3 is 53.1 Å². The Labute approximate surface area is 327 Å². The summed E-state index contributed by atoms with van der Waals surface area (Å²) in [5.74, 6) is 5.17. The molecule has 0 spiro atoms. The zero-order chi connectivity index (χ0) is 39.4. The van der Waals surface area contributed by atoms with Crippen LogP contribution in [0, 0.1) is 0 Å². The minimum Gasteiger partial charge on any atom is -0.497 e. The summed E-state index contributed by atoms with van der Waals surface area (Å²) in [7, 11) is 9.53. The van der Waals surface area contributed by atoms with Gasteiger partial charge in [0.1, 0.15) is 17.6 Å². The zero-order valence-electron chi connectivity index (χ0n) is 32.7. The third-order valence-corrected chi connectivity index (χ3v) is 9.54. The van der Waals surface area contributed by atoms with E-state index in [1.165, 1.54) is 0 Å². The molecule has 0 saturated heterocycles. The molecule has 5 aromatic rings. The van der Waals surface area contributed by atoms with Gasteiger partial charge in [-0.25, -0.2) is 0 Å². The van der Waals surface area contributed by atoms with Gasteiger partial charge in [-0.2, -0.15) is 0 Å². The number of anilines is 1. The number of carbonyl (C=O) groups excluding carboxylic acids is 1. The monoisotopic (exact) mass is 767 g/mol. The second-order valence-electron chi connectivity index (χ2n) is 13.0. The van der Waals surface area contributed by atoms with Gasteiger partial charge >= 0.3 is 0 Å². The first kappa shape index (κ1) is 39.5. The summed E-state index contributed by atoms with van der Waals surface area (Å²) < 4.78 is 50.9. The highest BCUT2D eigenvalue weighted by Crippen LogP contribution is 2.42. The van der Waals surface area contributed by atoms with Crippen LogP contribution in [0.4, 0.5) is 5.69 Å². The van der Waals surface area contributed by atoms with Crippen LogP contribution >= 0.6 is 0 Å². The fourth-order valence-corrected chi connectivity index (χ4v) is 6.51. The second-order valence-corrected chi connectivity index (χ2v) is 13.0. The summed E-state index contributed by atoms with van der Waals surface area (Å²) in [6, 6.07) is 22.3. The molecule has 13 heteroatoms. The molecule has 0 radical (unpaired) electrons. The van der Waals surface area contributed by atoms with Crippen molar-refractivity contribution in [3.05, 3.63) is 83.9 Å². The fourth-order valence-electron chi connectivity index (χ4n) is 6.51. The molecule has 2 N–H and O–H groups in total. The lowest BCUT2D eigenvalue weighted by atomic mass is 10.0. The minimum atomic E-state index is -0.403. The summed E-state index contributed by atoms with van der Waals surface area (Å²) >= 11 is 0. The molecule has 1 unspecified atom stereocenters. The molecule has 0 fully saturated rings. The summed E-state index contributed by atoms with van der Waals surface area (Å²) in [5.41, 5.74) is 4.33. The number of carbonyl (C=O) groups is 1. The van der Waals surface area contributed by atoms with Gasteiger partial charge in [-0.15, -0.1) is 0 Å². The Balaban J connectivity index is 0.922. The number of aromatic nitrogens is 1. The second kappa shape index (κ2) is 18.9. The highest BCUT2D eigenvalue weighted by Gasteiger charge is 2.26. The van der Waals surface area contributed by atoms with Gasteiger partial charge in [0.25, 0.3) is 5.91 Å². The molecule has 4 aromatic carbocycles. The Morgan fingerprint density at radius 2 is 1.21 bits per heavy atom. The molecule has 13 nitrogen and oxygen atoms in total. The first-order valence-corrected chi connectivity index (χ1v) is 18.5. The number of hydrogen-bond acceptors (Lipinski definition) is 12. The van der Waals surface area contributed by atoms with Crippen molar-refractivity contribution in [2.75, 3.05) is 61.2 Å². The Morgan fingerprint density at radius 3 is 1.88 bits per heavy atom. The van der Waals surface area contributed by atoms with Crippen LogP contribution in [-0.4, -0.2) is 66.9 Å². The topological polar surface area (TPSA) is 141 Å². The average molecular weight is 768 g/mol. The van der Waals surface area contributed by atoms with Gasteiger partial charge in [0.15, 0.2) is 40.3 Å². The van der Waals surface area contributed by atoms with E-state index < -0.39 is 6.17 Å². The third kappa shape index (κ3) is 9.16. The molecule has 6 rings (SSSR count). The lowest BCUT2D eigenvalue weighted by Crippen LogP contribution is -2.38. The van der Waals surface area contributed by atoms with Crippen LogP contribution in [-0.2, 0) is 0 Å². The van der Waals surface area contributed by atoms with E-state index in [0.29, 0.717) is 76.2 Å². The van der Waals surface area contributed by atoms with Crippen molar-refractivity contribution >= 4 is 11.6 Å². The third-order valence-electron chi connectivity index (χ3n) is 9.54. The van der Waals surface area contributed by atoms with Crippen molar-refractivity contribution in [3.63, 3.8) is 0 Å². The summed E-state index contributed by atoms with van der Waals surface area (Å²) in [6.07, 6.45) is 5.72. The molecule has 1 aliphatic rings. The highest BCUT2D eigenvalue weighted by molar-refractivity contribution is 6.02. The molecule has 1 aliphatic heterocycles. The van der Waals surface area contributed by atoms with E-state index in [0.717, 1.165) is 60.9 Å². The number of hydrogen-bond donors (Lipinski definition) is 2. The van der Waals surface area contributed by atoms with Gasteiger partial charge in [0.2, 0.25) is 5.75 Å². The lowest BCUT2D eigenvalue weighted by Gasteiger charge is -2.28. The maximum atomic E-state index is 12.8. The molecule has 2 heterocycles. The molecular weight excluding hydrogens is 718 g/mol. The van der Waals surface area contributed by atoms with Gasteiger partial charge in [-0.05, 0) is 79.1 Å². The largest absolute Gasteiger partial charge is 0.497 e. The van der Waals surface area contributed by atoms with Crippen LogP contribution in [0.1, 0.15) is 60.6 Å². The Morgan fingerprint density at radius 1 is 0.571 bits per heavy atom. The molecule has 1 aromatic heterocycles. The van der Waals surface area contributed by atoms with Crippen molar-refractivity contribution < 1.29 is 47.2 Å². The quantitative estimate of drug-likeness (QED) is 0.0732. The predicted octanol–water partition coefficient (Wildman–Crippen LogP) is 8.71.